The molecule has 0 atom stereocenters. The Morgan fingerprint density at radius 2 is 2.27 bits per heavy atom. The van der Waals surface area contributed by atoms with Crippen LogP contribution in [0, 0.1) is 0 Å². The molecule has 15 heavy (non-hydrogen) atoms. The van der Waals surface area contributed by atoms with E-state index in [-0.39, 0.29) is 11.1 Å². The van der Waals surface area contributed by atoms with Crippen LogP contribution in [0.3, 0.4) is 0 Å². The highest BCUT2D eigenvalue weighted by Gasteiger charge is 2.15. The zero-order valence-corrected chi connectivity index (χ0v) is 8.69. The summed E-state index contributed by atoms with van der Waals surface area (Å²) in [6, 6.07) is 0. The van der Waals surface area contributed by atoms with Crippen molar-refractivity contribution in [2.45, 2.75) is 25.9 Å². The number of imidazole rings is 1. The second kappa shape index (κ2) is 3.16. The summed E-state index contributed by atoms with van der Waals surface area (Å²) in [5.41, 5.74) is 6.22. The first-order chi connectivity index (χ1) is 6.97. The number of rotatable bonds is 2. The van der Waals surface area contributed by atoms with Crippen LogP contribution >= 0.6 is 0 Å². The van der Waals surface area contributed by atoms with Gasteiger partial charge in [-0.25, -0.2) is 9.97 Å². The van der Waals surface area contributed by atoms with Gasteiger partial charge >= 0.3 is 0 Å². The van der Waals surface area contributed by atoms with Crippen molar-refractivity contribution in [1.82, 2.24) is 19.5 Å². The Morgan fingerprint density at radius 3 is 2.93 bits per heavy atom. The van der Waals surface area contributed by atoms with Gasteiger partial charge in [-0.15, -0.1) is 0 Å². The summed E-state index contributed by atoms with van der Waals surface area (Å²) in [5, 5.41) is 0. The molecule has 80 valence electrons. The number of hydrogen-bond donors (Lipinski definition) is 2. The third kappa shape index (κ3) is 1.89. The molecule has 2 aromatic heterocycles. The van der Waals surface area contributed by atoms with Crippen LogP contribution < -0.4 is 11.3 Å². The van der Waals surface area contributed by atoms with Gasteiger partial charge in [0.2, 0.25) is 0 Å². The monoisotopic (exact) mass is 207 g/mol. The number of H-pyrrole nitrogens is 1. The molecule has 2 heterocycles. The average Bonchev–Trinajstić information content (AvgIpc) is 2.48. The van der Waals surface area contributed by atoms with Gasteiger partial charge in [-0.2, -0.15) is 0 Å². The predicted octanol–water partition coefficient (Wildman–Crippen LogP) is -0.143. The lowest BCUT2D eigenvalue weighted by atomic mass is 10.1. The van der Waals surface area contributed by atoms with Gasteiger partial charge in [0.1, 0.15) is 0 Å². The number of nitrogens with one attached hydrogen (secondary N) is 1. The summed E-state index contributed by atoms with van der Waals surface area (Å²) in [6.45, 7) is 4.39. The number of nitrogens with zero attached hydrogens (tertiary/aromatic N) is 3. The summed E-state index contributed by atoms with van der Waals surface area (Å²) in [5.74, 6) is 0. The minimum atomic E-state index is -0.363. The van der Waals surface area contributed by atoms with E-state index in [0.29, 0.717) is 17.7 Å². The van der Waals surface area contributed by atoms with E-state index >= 15 is 0 Å². The summed E-state index contributed by atoms with van der Waals surface area (Å²) >= 11 is 0. The number of nitrogens with two attached hydrogens (primary N) is 1. The maximum atomic E-state index is 11.4. The van der Waals surface area contributed by atoms with E-state index in [9.17, 15) is 4.79 Å². The van der Waals surface area contributed by atoms with Crippen molar-refractivity contribution < 1.29 is 0 Å². The van der Waals surface area contributed by atoms with Gasteiger partial charge in [-0.1, -0.05) is 0 Å². The van der Waals surface area contributed by atoms with Crippen molar-refractivity contribution >= 4 is 11.2 Å². The number of hydrogen-bond acceptors (Lipinski definition) is 4. The maximum absolute atomic E-state index is 11.4. The van der Waals surface area contributed by atoms with Crippen LogP contribution in [0.15, 0.2) is 17.4 Å². The van der Waals surface area contributed by atoms with E-state index in [2.05, 4.69) is 15.0 Å². The number of aromatic amines is 1. The first-order valence-corrected chi connectivity index (χ1v) is 4.65. The summed E-state index contributed by atoms with van der Waals surface area (Å²) in [6.07, 6.45) is 2.95. The van der Waals surface area contributed by atoms with Gasteiger partial charge in [0.25, 0.3) is 5.56 Å². The molecule has 6 nitrogen and oxygen atoms in total. The highest BCUT2D eigenvalue weighted by atomic mass is 16.1. The molecule has 0 radical (unpaired) electrons. The third-order valence-electron chi connectivity index (χ3n) is 1.99. The molecule has 6 heteroatoms. The van der Waals surface area contributed by atoms with Crippen molar-refractivity contribution in [1.29, 1.82) is 0 Å². The van der Waals surface area contributed by atoms with E-state index in [4.69, 9.17) is 5.73 Å². The normalized spacial score (nSPS) is 12.2. The van der Waals surface area contributed by atoms with Crippen molar-refractivity contribution in [3.8, 4) is 0 Å². The molecule has 0 saturated heterocycles. The quantitative estimate of drug-likeness (QED) is 0.717. The van der Waals surface area contributed by atoms with Gasteiger partial charge < -0.3 is 15.3 Å². The van der Waals surface area contributed by atoms with E-state index < -0.39 is 0 Å². The zero-order chi connectivity index (χ0) is 11.1. The molecule has 0 aliphatic rings. The Morgan fingerprint density at radius 1 is 1.53 bits per heavy atom. The molecular weight excluding hydrogens is 194 g/mol. The lowest BCUT2D eigenvalue weighted by molar-refractivity contribution is 0.439. The molecule has 0 unspecified atom stereocenters. The molecule has 0 spiro atoms. The smallest absolute Gasteiger partial charge is 0.278 e. The molecule has 0 fully saturated rings. The lowest BCUT2D eigenvalue weighted by Gasteiger charge is -2.18. The van der Waals surface area contributed by atoms with Crippen LogP contribution in [-0.2, 0) is 6.54 Å². The standard InChI is InChI=1S/C9H13N5O/c1-9(2,10)3-14-5-13-6-7(14)11-4-12-8(6)15/h4-5H,3,10H2,1-2H3,(H,11,12,15). The second-order valence-corrected chi connectivity index (χ2v) is 4.26. The minimum absolute atomic E-state index is 0.228. The Kier molecular flexibility index (Phi) is 2.08. The van der Waals surface area contributed by atoms with E-state index in [1.165, 1.54) is 6.33 Å². The van der Waals surface area contributed by atoms with Crippen LogP contribution in [0.4, 0.5) is 0 Å². The summed E-state index contributed by atoms with van der Waals surface area (Å²) < 4.78 is 1.78. The molecule has 2 aromatic rings. The Bertz CT molecular complexity index is 533. The molecule has 0 bridgehead atoms. The van der Waals surface area contributed by atoms with E-state index in [0.717, 1.165) is 0 Å². The van der Waals surface area contributed by atoms with Crippen LogP contribution in [0.25, 0.3) is 11.2 Å². The highest BCUT2D eigenvalue weighted by Crippen LogP contribution is 2.08. The maximum Gasteiger partial charge on any atom is 0.278 e. The highest BCUT2D eigenvalue weighted by molar-refractivity contribution is 5.68. The van der Waals surface area contributed by atoms with Crippen LogP contribution in [-0.4, -0.2) is 25.1 Å². The summed E-state index contributed by atoms with van der Waals surface area (Å²) in [7, 11) is 0. The Hall–Kier alpha value is -1.69. The number of fused-ring (bicyclic) bond motifs is 1. The largest absolute Gasteiger partial charge is 0.324 e. The molecule has 2 rings (SSSR count). The Labute approximate surface area is 86.2 Å². The van der Waals surface area contributed by atoms with Crippen molar-refractivity contribution in [2.24, 2.45) is 5.73 Å². The predicted molar refractivity (Wildman–Crippen MR) is 56.4 cm³/mol. The molecule has 0 saturated carbocycles. The second-order valence-electron chi connectivity index (χ2n) is 4.26. The topological polar surface area (TPSA) is 89.6 Å². The van der Waals surface area contributed by atoms with Crippen molar-refractivity contribution in [3.63, 3.8) is 0 Å². The van der Waals surface area contributed by atoms with Crippen LogP contribution in [0.5, 0.6) is 0 Å². The van der Waals surface area contributed by atoms with Gasteiger partial charge in [0.05, 0.1) is 12.7 Å². The lowest BCUT2D eigenvalue weighted by Crippen LogP contribution is -2.36. The number of aromatic nitrogens is 4. The first-order valence-electron chi connectivity index (χ1n) is 4.65. The molecule has 0 aliphatic carbocycles. The van der Waals surface area contributed by atoms with Crippen molar-refractivity contribution in [2.75, 3.05) is 0 Å². The average molecular weight is 207 g/mol. The fourth-order valence-corrected chi connectivity index (χ4v) is 1.45. The van der Waals surface area contributed by atoms with Gasteiger partial charge in [0.15, 0.2) is 11.2 Å². The molecule has 0 amide bonds. The molecular formula is C9H13N5O. The van der Waals surface area contributed by atoms with Gasteiger partial charge in [0, 0.05) is 12.1 Å². The Balaban J connectivity index is 2.55. The van der Waals surface area contributed by atoms with Crippen molar-refractivity contribution in [3.05, 3.63) is 23.0 Å². The fourth-order valence-electron chi connectivity index (χ4n) is 1.45. The van der Waals surface area contributed by atoms with Gasteiger partial charge in [-0.3, -0.25) is 4.79 Å². The minimum Gasteiger partial charge on any atom is -0.324 e. The van der Waals surface area contributed by atoms with Gasteiger partial charge in [-0.05, 0) is 13.8 Å². The van der Waals surface area contributed by atoms with Crippen LogP contribution in [0.2, 0.25) is 0 Å². The van der Waals surface area contributed by atoms with E-state index in [1.807, 2.05) is 13.8 Å². The first kappa shape index (κ1) is 9.85. The SMILES string of the molecule is CC(C)(N)Cn1cnc2c(=O)[nH]cnc21. The zero-order valence-electron chi connectivity index (χ0n) is 8.69. The summed E-state index contributed by atoms with van der Waals surface area (Å²) in [4.78, 5) is 21.9. The van der Waals surface area contributed by atoms with Crippen LogP contribution in [0.1, 0.15) is 13.8 Å². The molecule has 0 aromatic carbocycles. The third-order valence-corrected chi connectivity index (χ3v) is 1.99. The molecule has 3 N–H and O–H groups in total. The van der Waals surface area contributed by atoms with E-state index in [1.54, 1.807) is 10.9 Å². The fraction of sp³-hybridized carbons (Fsp3) is 0.444. The molecule has 0 aliphatic heterocycles.